The average molecular weight is 502 g/mol. The van der Waals surface area contributed by atoms with Gasteiger partial charge in [-0.1, -0.05) is 37.2 Å². The number of ether oxygens (including phenoxy) is 1. The molecule has 0 aliphatic carbocycles. The van der Waals surface area contributed by atoms with E-state index in [1.807, 2.05) is 36.6 Å². The van der Waals surface area contributed by atoms with Crippen molar-refractivity contribution in [2.75, 3.05) is 11.5 Å². The van der Waals surface area contributed by atoms with Crippen molar-refractivity contribution in [3.8, 4) is 5.69 Å². The lowest BCUT2D eigenvalue weighted by Crippen LogP contribution is -2.19. The number of H-pyrrole nitrogens is 1. The van der Waals surface area contributed by atoms with Gasteiger partial charge in [0, 0.05) is 23.5 Å². The fourth-order valence-corrected chi connectivity index (χ4v) is 5.05. The monoisotopic (exact) mass is 501 g/mol. The molecule has 0 fully saturated rings. The van der Waals surface area contributed by atoms with Crippen LogP contribution in [0.5, 0.6) is 0 Å². The van der Waals surface area contributed by atoms with Crippen LogP contribution in [0.15, 0.2) is 51.8 Å². The Morgan fingerprint density at radius 3 is 2.59 bits per heavy atom. The molecule has 192 valence electrons. The van der Waals surface area contributed by atoms with E-state index in [9.17, 15) is 9.59 Å². The molecule has 0 radical (unpaired) electrons. The highest BCUT2D eigenvalue weighted by atomic mass is 16.5. The number of aryl methyl sites for hydroxylation is 4. The Hall–Kier alpha value is -4.14. The van der Waals surface area contributed by atoms with Crippen molar-refractivity contribution < 1.29 is 14.1 Å². The second kappa shape index (κ2) is 10.5. The molecule has 0 unspecified atom stereocenters. The van der Waals surface area contributed by atoms with E-state index >= 15 is 0 Å². The lowest BCUT2D eigenvalue weighted by atomic mass is 10.0. The van der Waals surface area contributed by atoms with E-state index in [0.29, 0.717) is 31.1 Å². The number of nitrogens with zero attached hydrogens (tertiary/aromatic N) is 4. The number of carbonyl (C=O) groups excluding carboxylic acids is 1. The fraction of sp³-hybridized carbons (Fsp3) is 0.357. The van der Waals surface area contributed by atoms with Crippen molar-refractivity contribution in [3.63, 3.8) is 0 Å². The Labute approximate surface area is 215 Å². The third-order valence-electron chi connectivity index (χ3n) is 6.65. The molecule has 0 saturated heterocycles. The van der Waals surface area contributed by atoms with Gasteiger partial charge >= 0.3 is 11.7 Å². The summed E-state index contributed by atoms with van der Waals surface area (Å²) in [4.78, 5) is 34.3. The van der Waals surface area contributed by atoms with Gasteiger partial charge < -0.3 is 9.64 Å². The highest BCUT2D eigenvalue weighted by Crippen LogP contribution is 2.38. The molecule has 2 aromatic heterocycles. The topological polar surface area (TPSA) is 106 Å². The molecule has 37 heavy (non-hydrogen) atoms. The molecule has 0 bridgehead atoms. The molecule has 4 aromatic rings. The summed E-state index contributed by atoms with van der Waals surface area (Å²) >= 11 is 0. The summed E-state index contributed by atoms with van der Waals surface area (Å²) in [7, 11) is 0. The molecule has 1 N–H and O–H groups in total. The minimum atomic E-state index is -0.574. The molecule has 0 amide bonds. The van der Waals surface area contributed by atoms with Crippen LogP contribution in [0.4, 0.5) is 11.4 Å². The molecular formula is C28H31N5O4. The summed E-state index contributed by atoms with van der Waals surface area (Å²) < 4.78 is 12.2. The van der Waals surface area contributed by atoms with E-state index in [1.165, 1.54) is 5.56 Å². The third kappa shape index (κ3) is 4.69. The smallest absolute Gasteiger partial charge is 0.438 e. The van der Waals surface area contributed by atoms with E-state index in [1.54, 1.807) is 0 Å². The number of anilines is 2. The Balaban J connectivity index is 1.64. The molecule has 0 saturated carbocycles. The van der Waals surface area contributed by atoms with Crippen molar-refractivity contribution in [1.82, 2.24) is 19.7 Å². The molecule has 0 spiro atoms. The van der Waals surface area contributed by atoms with Crippen LogP contribution in [0.3, 0.4) is 0 Å². The molecule has 9 heteroatoms. The number of hydrogen-bond donors (Lipinski definition) is 1. The summed E-state index contributed by atoms with van der Waals surface area (Å²) in [6.45, 7) is 6.58. The average Bonchev–Trinajstić information content (AvgIpc) is 3.45. The van der Waals surface area contributed by atoms with Crippen LogP contribution in [-0.2, 0) is 37.0 Å². The first-order chi connectivity index (χ1) is 18.0. The van der Waals surface area contributed by atoms with Crippen molar-refractivity contribution in [2.24, 2.45) is 0 Å². The van der Waals surface area contributed by atoms with Gasteiger partial charge in [0.1, 0.15) is 5.82 Å². The van der Waals surface area contributed by atoms with Gasteiger partial charge in [-0.2, -0.15) is 0 Å². The molecule has 2 aromatic carbocycles. The molecule has 9 nitrogen and oxygen atoms in total. The standard InChI is InChI=1S/C28H31N5O4/c1-4-9-25-29-21(5-2)26(27(34)36-6-3)33(25)20-14-15-23-19(16-20)13-12-18-10-7-8-11-22(18)32(23)17-24-30-28(35)37-31-24/h7-8,10-11,14-16H,4-6,9,12-13,17H2,1-3H3,(H,30,31,35). The number of hydrogen-bond acceptors (Lipinski definition) is 7. The zero-order valence-corrected chi connectivity index (χ0v) is 21.4. The number of carbonyl (C=O) groups is 1. The lowest BCUT2D eigenvalue weighted by molar-refractivity contribution is 0.0515. The summed E-state index contributed by atoms with van der Waals surface area (Å²) in [6.07, 6.45) is 3.98. The zero-order chi connectivity index (χ0) is 25.9. The van der Waals surface area contributed by atoms with Gasteiger partial charge in [-0.05, 0) is 68.0 Å². The van der Waals surface area contributed by atoms with Crippen LogP contribution in [0.2, 0.25) is 0 Å². The number of imidazole rings is 1. The lowest BCUT2D eigenvalue weighted by Gasteiger charge is -2.26. The number of benzene rings is 2. The minimum absolute atomic E-state index is 0.303. The maximum atomic E-state index is 13.0. The van der Waals surface area contributed by atoms with Gasteiger partial charge in [0.15, 0.2) is 11.5 Å². The molecular weight excluding hydrogens is 470 g/mol. The van der Waals surface area contributed by atoms with Gasteiger partial charge in [-0.25, -0.2) is 14.6 Å². The number of esters is 1. The van der Waals surface area contributed by atoms with E-state index in [0.717, 1.165) is 59.8 Å². The quantitative estimate of drug-likeness (QED) is 0.350. The van der Waals surface area contributed by atoms with Crippen LogP contribution in [-0.4, -0.2) is 32.3 Å². The molecule has 3 heterocycles. The van der Waals surface area contributed by atoms with Crippen molar-refractivity contribution in [2.45, 2.75) is 59.4 Å². The molecule has 0 atom stereocenters. The van der Waals surface area contributed by atoms with Crippen LogP contribution in [0.25, 0.3) is 5.69 Å². The third-order valence-corrected chi connectivity index (χ3v) is 6.65. The number of fused-ring (bicyclic) bond motifs is 2. The summed E-state index contributed by atoms with van der Waals surface area (Å²) in [5.41, 5.74) is 6.56. The predicted octanol–water partition coefficient (Wildman–Crippen LogP) is 4.68. The van der Waals surface area contributed by atoms with Gasteiger partial charge in [0.2, 0.25) is 0 Å². The van der Waals surface area contributed by atoms with E-state index in [-0.39, 0.29) is 5.97 Å². The van der Waals surface area contributed by atoms with Gasteiger partial charge in [0.25, 0.3) is 0 Å². The van der Waals surface area contributed by atoms with Crippen LogP contribution < -0.4 is 10.7 Å². The molecule has 5 rings (SSSR count). The molecule has 1 aliphatic rings. The first kappa shape index (κ1) is 24.5. The second-order valence-corrected chi connectivity index (χ2v) is 9.05. The van der Waals surface area contributed by atoms with Gasteiger partial charge in [-0.15, -0.1) is 0 Å². The van der Waals surface area contributed by atoms with Crippen LogP contribution >= 0.6 is 0 Å². The summed E-state index contributed by atoms with van der Waals surface area (Å²) in [5.74, 6) is 0.383. The fourth-order valence-electron chi connectivity index (χ4n) is 5.05. The maximum absolute atomic E-state index is 13.0. The van der Waals surface area contributed by atoms with E-state index < -0.39 is 5.76 Å². The van der Waals surface area contributed by atoms with Crippen molar-refractivity contribution >= 4 is 17.3 Å². The number of para-hydroxylation sites is 1. The number of aromatic amines is 1. The first-order valence-electron chi connectivity index (χ1n) is 12.8. The summed E-state index contributed by atoms with van der Waals surface area (Å²) in [6, 6.07) is 14.5. The van der Waals surface area contributed by atoms with Gasteiger partial charge in [-0.3, -0.25) is 14.1 Å². The van der Waals surface area contributed by atoms with Crippen LogP contribution in [0.1, 0.15) is 66.2 Å². The van der Waals surface area contributed by atoms with Crippen LogP contribution in [0, 0.1) is 0 Å². The van der Waals surface area contributed by atoms with E-state index in [4.69, 9.17) is 14.2 Å². The Kier molecular flexibility index (Phi) is 6.94. The first-order valence-corrected chi connectivity index (χ1v) is 12.8. The Bertz CT molecular complexity index is 1480. The van der Waals surface area contributed by atoms with E-state index in [2.05, 4.69) is 46.2 Å². The van der Waals surface area contributed by atoms with Gasteiger partial charge in [0.05, 0.1) is 18.8 Å². The second-order valence-electron chi connectivity index (χ2n) is 9.05. The normalized spacial score (nSPS) is 12.7. The Morgan fingerprint density at radius 1 is 1.08 bits per heavy atom. The summed E-state index contributed by atoms with van der Waals surface area (Å²) in [5, 5.41) is 3.90. The van der Waals surface area contributed by atoms with Crippen molar-refractivity contribution in [3.05, 3.63) is 87.2 Å². The number of aromatic nitrogens is 4. The predicted molar refractivity (Wildman–Crippen MR) is 140 cm³/mol. The minimum Gasteiger partial charge on any atom is -0.461 e. The highest BCUT2D eigenvalue weighted by Gasteiger charge is 2.26. The Morgan fingerprint density at radius 2 is 1.86 bits per heavy atom. The largest absolute Gasteiger partial charge is 0.461 e. The maximum Gasteiger partial charge on any atom is 0.438 e. The highest BCUT2D eigenvalue weighted by molar-refractivity contribution is 5.90. The number of rotatable bonds is 8. The SMILES string of the molecule is CCCc1nc(CC)c(C(=O)OCC)n1-c1ccc2c(c1)CCc1ccccc1N2Cc1noc(=O)[nH]1. The van der Waals surface area contributed by atoms with Crippen molar-refractivity contribution in [1.29, 1.82) is 0 Å². The molecule has 1 aliphatic heterocycles. The zero-order valence-electron chi connectivity index (χ0n) is 21.4. The number of nitrogens with one attached hydrogen (secondary N) is 1.